The van der Waals surface area contributed by atoms with E-state index >= 15 is 0 Å². The largest absolute Gasteiger partial charge is 0.370 e. The van der Waals surface area contributed by atoms with E-state index < -0.39 is 24.0 Å². The first-order valence-electron chi connectivity index (χ1n) is 11.6. The van der Waals surface area contributed by atoms with Gasteiger partial charge >= 0.3 is 6.03 Å². The van der Waals surface area contributed by atoms with Crippen LogP contribution in [-0.4, -0.2) is 110 Å². The number of urea groups is 1. The third kappa shape index (κ3) is 10.1. The van der Waals surface area contributed by atoms with E-state index in [1.807, 2.05) is 0 Å². The number of amides is 5. The van der Waals surface area contributed by atoms with Gasteiger partial charge in [0.25, 0.3) is 5.91 Å². The zero-order valence-electron chi connectivity index (χ0n) is 20.1. The Bertz CT molecular complexity index is 822. The van der Waals surface area contributed by atoms with Crippen molar-refractivity contribution in [3.05, 3.63) is 0 Å². The van der Waals surface area contributed by atoms with Crippen molar-refractivity contribution in [3.63, 3.8) is 0 Å². The van der Waals surface area contributed by atoms with E-state index in [9.17, 15) is 19.2 Å². The lowest BCUT2D eigenvalue weighted by Gasteiger charge is -2.30. The number of hydrogen-bond donors (Lipinski definition) is 7. The fraction of sp³-hybridized carbons (Fsp3) is 0.700. The maximum atomic E-state index is 13.0. The molecule has 0 aromatic heterocycles. The molecule has 1 saturated heterocycles. The summed E-state index contributed by atoms with van der Waals surface area (Å²) in [6.45, 7) is 4.56. The van der Waals surface area contributed by atoms with Gasteiger partial charge in [-0.2, -0.15) is 0 Å². The minimum absolute atomic E-state index is 0.00240. The van der Waals surface area contributed by atoms with Crippen LogP contribution >= 0.6 is 0 Å². The van der Waals surface area contributed by atoms with Crippen LogP contribution in [0.3, 0.4) is 0 Å². The summed E-state index contributed by atoms with van der Waals surface area (Å²) in [6.07, 6.45) is 1.37. The highest BCUT2D eigenvalue weighted by Crippen LogP contribution is 2.10. The van der Waals surface area contributed by atoms with Gasteiger partial charge in [0.2, 0.25) is 17.8 Å². The number of nitrogens with one attached hydrogen (secondary N) is 4. The van der Waals surface area contributed by atoms with Crippen LogP contribution < -0.4 is 38.5 Å². The van der Waals surface area contributed by atoms with E-state index in [0.29, 0.717) is 32.4 Å². The van der Waals surface area contributed by atoms with E-state index in [1.54, 1.807) is 0 Å². The summed E-state index contributed by atoms with van der Waals surface area (Å²) in [6, 6.07) is -2.16. The molecular weight excluding hydrogens is 458 g/mol. The standard InChI is InChI=1S/C20H37N11O4/c1-30(14-12-26-20(28-17(14)34)29-19(23)35)16(33)11-13(3-2-5-25-18(21)22)27-15(32)4-8-31-9-6-24-7-10-31/h13-14,24H,2-12H2,1H3,(H,27,32)(H4,21,22,25)(H4,23,26,28,29,34,35)/t13-,14?/m0/s1. The summed E-state index contributed by atoms with van der Waals surface area (Å²) < 4.78 is 0. The molecule has 2 atom stereocenters. The van der Waals surface area contributed by atoms with Crippen LogP contribution in [0.15, 0.2) is 9.98 Å². The average Bonchev–Trinajstić information content (AvgIpc) is 2.80. The fourth-order valence-corrected chi connectivity index (χ4v) is 3.78. The normalized spacial score (nSPS) is 19.1. The summed E-state index contributed by atoms with van der Waals surface area (Å²) in [5.41, 5.74) is 15.8. The van der Waals surface area contributed by atoms with Gasteiger partial charge in [0.15, 0.2) is 5.96 Å². The van der Waals surface area contributed by atoms with E-state index in [0.717, 1.165) is 26.2 Å². The van der Waals surface area contributed by atoms with Gasteiger partial charge in [0, 0.05) is 65.2 Å². The molecule has 5 amide bonds. The second kappa shape index (κ2) is 14.1. The summed E-state index contributed by atoms with van der Waals surface area (Å²) in [4.78, 5) is 60.4. The molecular formula is C20H37N11O4. The highest BCUT2D eigenvalue weighted by molar-refractivity contribution is 6.07. The highest BCUT2D eigenvalue weighted by Gasteiger charge is 2.32. The molecule has 35 heavy (non-hydrogen) atoms. The van der Waals surface area contributed by atoms with Crippen molar-refractivity contribution in [1.29, 1.82) is 0 Å². The Hall–Kier alpha value is -3.46. The van der Waals surface area contributed by atoms with Crippen molar-refractivity contribution in [3.8, 4) is 0 Å². The SMILES string of the molecule is CN(C(=O)C[C@H](CCCN=C(N)N)NC(=O)CCN1CCNCC1)C1CN=C(NC(N)=O)NC1=O. The molecule has 1 unspecified atom stereocenters. The smallest absolute Gasteiger partial charge is 0.318 e. The lowest BCUT2D eigenvalue weighted by Crippen LogP contribution is -2.58. The Kier molecular flexibility index (Phi) is 11.2. The van der Waals surface area contributed by atoms with Crippen LogP contribution in [0.5, 0.6) is 0 Å². The minimum atomic E-state index is -0.858. The topological polar surface area (TPSA) is 226 Å². The summed E-state index contributed by atoms with van der Waals surface area (Å²) in [5.74, 6) is -1.06. The second-order valence-corrected chi connectivity index (χ2v) is 8.45. The molecule has 1 fully saturated rings. The lowest BCUT2D eigenvalue weighted by atomic mass is 10.1. The van der Waals surface area contributed by atoms with Crippen molar-refractivity contribution in [2.24, 2.45) is 27.2 Å². The fourth-order valence-electron chi connectivity index (χ4n) is 3.78. The predicted octanol–water partition coefficient (Wildman–Crippen LogP) is -3.81. The zero-order valence-corrected chi connectivity index (χ0v) is 20.1. The Balaban J connectivity index is 1.93. The number of primary amides is 1. The monoisotopic (exact) mass is 495 g/mol. The Morgan fingerprint density at radius 3 is 2.60 bits per heavy atom. The predicted molar refractivity (Wildman–Crippen MR) is 130 cm³/mol. The van der Waals surface area contributed by atoms with Crippen molar-refractivity contribution in [1.82, 2.24) is 31.1 Å². The first-order chi connectivity index (χ1) is 16.7. The maximum absolute atomic E-state index is 13.0. The van der Waals surface area contributed by atoms with Crippen LogP contribution in [0.2, 0.25) is 0 Å². The number of piperazine rings is 1. The summed E-state index contributed by atoms with van der Waals surface area (Å²) in [5, 5.41) is 10.8. The molecule has 2 aliphatic rings. The lowest BCUT2D eigenvalue weighted by molar-refractivity contribution is -0.139. The van der Waals surface area contributed by atoms with Gasteiger partial charge in [-0.3, -0.25) is 30.0 Å². The Morgan fingerprint density at radius 2 is 1.97 bits per heavy atom. The molecule has 15 nitrogen and oxygen atoms in total. The van der Waals surface area contributed by atoms with Crippen LogP contribution in [0.1, 0.15) is 25.7 Å². The van der Waals surface area contributed by atoms with Crippen molar-refractivity contribution in [2.75, 3.05) is 52.9 Å². The van der Waals surface area contributed by atoms with E-state index in [1.165, 1.54) is 11.9 Å². The number of nitrogens with two attached hydrogens (primary N) is 3. The molecule has 0 radical (unpaired) electrons. The number of guanidine groups is 2. The molecule has 2 aliphatic heterocycles. The van der Waals surface area contributed by atoms with E-state index in [2.05, 4.69) is 36.2 Å². The van der Waals surface area contributed by atoms with E-state index in [-0.39, 0.29) is 36.7 Å². The molecule has 15 heteroatoms. The average molecular weight is 496 g/mol. The van der Waals surface area contributed by atoms with Crippen molar-refractivity contribution in [2.45, 2.75) is 37.8 Å². The number of likely N-dealkylation sites (N-methyl/N-ethyl adjacent to an activating group) is 1. The first kappa shape index (κ1) is 27.8. The van der Waals surface area contributed by atoms with Gasteiger partial charge in [-0.1, -0.05) is 0 Å². The molecule has 0 saturated carbocycles. The number of rotatable bonds is 11. The molecule has 2 heterocycles. The summed E-state index contributed by atoms with van der Waals surface area (Å²) in [7, 11) is 1.50. The van der Waals surface area contributed by atoms with Gasteiger partial charge in [-0.25, -0.2) is 9.79 Å². The van der Waals surface area contributed by atoms with Crippen molar-refractivity contribution < 1.29 is 19.2 Å². The third-order valence-corrected chi connectivity index (χ3v) is 5.73. The third-order valence-electron chi connectivity index (χ3n) is 5.73. The Labute approximate surface area is 204 Å². The van der Waals surface area contributed by atoms with Gasteiger partial charge in [-0.15, -0.1) is 0 Å². The van der Waals surface area contributed by atoms with Gasteiger partial charge < -0.3 is 37.6 Å². The van der Waals surface area contributed by atoms with Crippen LogP contribution in [-0.2, 0) is 14.4 Å². The molecule has 0 spiro atoms. The zero-order chi connectivity index (χ0) is 25.8. The molecule has 10 N–H and O–H groups in total. The molecule has 0 aliphatic carbocycles. The molecule has 0 bridgehead atoms. The maximum Gasteiger partial charge on any atom is 0.318 e. The van der Waals surface area contributed by atoms with Crippen LogP contribution in [0, 0.1) is 0 Å². The first-order valence-corrected chi connectivity index (χ1v) is 11.6. The van der Waals surface area contributed by atoms with Gasteiger partial charge in [0.05, 0.1) is 6.54 Å². The molecule has 196 valence electrons. The number of hydrogen-bond acceptors (Lipinski definition) is 8. The van der Waals surface area contributed by atoms with Crippen molar-refractivity contribution >= 4 is 35.7 Å². The van der Waals surface area contributed by atoms with Crippen LogP contribution in [0.4, 0.5) is 4.79 Å². The van der Waals surface area contributed by atoms with Crippen LogP contribution in [0.25, 0.3) is 0 Å². The molecule has 0 aromatic carbocycles. The number of carbonyl (C=O) groups is 4. The molecule has 0 aromatic rings. The van der Waals surface area contributed by atoms with Gasteiger partial charge in [-0.05, 0) is 12.8 Å². The second-order valence-electron chi connectivity index (χ2n) is 8.45. The Morgan fingerprint density at radius 1 is 1.26 bits per heavy atom. The summed E-state index contributed by atoms with van der Waals surface area (Å²) >= 11 is 0. The number of aliphatic imine (C=N–C) groups is 2. The minimum Gasteiger partial charge on any atom is -0.370 e. The highest BCUT2D eigenvalue weighted by atomic mass is 16.2. The molecule has 2 rings (SSSR count). The van der Waals surface area contributed by atoms with E-state index in [4.69, 9.17) is 17.2 Å². The number of nitrogens with zero attached hydrogens (tertiary/aromatic N) is 4. The quantitative estimate of drug-likeness (QED) is 0.0852. The van der Waals surface area contributed by atoms with Gasteiger partial charge in [0.1, 0.15) is 6.04 Å². The number of carbonyl (C=O) groups excluding carboxylic acids is 4.